The fraction of sp³-hybridized carbons (Fsp3) is 0.292. The molecule has 2 heterocycles. The van der Waals surface area contributed by atoms with E-state index in [1.54, 1.807) is 12.2 Å². The summed E-state index contributed by atoms with van der Waals surface area (Å²) in [4.78, 5) is 0. The number of rotatable bonds is 5. The van der Waals surface area contributed by atoms with Gasteiger partial charge in [-0.2, -0.15) is 5.06 Å². The smallest absolute Gasteiger partial charge is 0.423 e. The molecule has 0 unspecified atom stereocenters. The molecule has 4 rings (SSSR count). The lowest BCUT2D eigenvalue weighted by Gasteiger charge is -2.09. The lowest BCUT2D eigenvalue weighted by atomic mass is 10.0. The van der Waals surface area contributed by atoms with Crippen LogP contribution in [0.4, 0.5) is 5.69 Å². The average Bonchev–Trinajstić information content (AvgIpc) is 3.21. The van der Waals surface area contributed by atoms with Crippen LogP contribution in [0.2, 0.25) is 0 Å². The molecule has 1 aliphatic rings. The van der Waals surface area contributed by atoms with E-state index in [4.69, 9.17) is 9.15 Å². The molecule has 2 N–H and O–H groups in total. The maximum atomic E-state index is 10.8. The van der Waals surface area contributed by atoms with E-state index in [2.05, 4.69) is 6.92 Å². The Bertz CT molecular complexity index is 1180. The van der Waals surface area contributed by atoms with Crippen molar-refractivity contribution >= 4 is 22.9 Å². The normalized spacial score (nSPS) is 14.7. The van der Waals surface area contributed by atoms with Crippen LogP contribution in [0.3, 0.4) is 0 Å². The molecule has 31 heavy (non-hydrogen) atoms. The summed E-state index contributed by atoms with van der Waals surface area (Å²) in [6.45, 7) is 8.11. The standard InChI is InChI=1S/C24H27N2O4.ClH/c1-5-7-18-16(4)9-11-21-24(18)26(28)23(30-21)14-17(6-2)13-22-25(27)19-12-15(3)8-10-20(19)29-22;/h8-14,27-28H,5-7H2,1-4H3;1H/q+1;/p-1. The predicted molar refractivity (Wildman–Crippen MR) is 115 cm³/mol. The van der Waals surface area contributed by atoms with E-state index in [0.717, 1.165) is 44.9 Å². The first-order valence-electron chi connectivity index (χ1n) is 10.3. The van der Waals surface area contributed by atoms with E-state index < -0.39 is 0 Å². The second-order valence-electron chi connectivity index (χ2n) is 7.65. The Morgan fingerprint density at radius 1 is 1.16 bits per heavy atom. The molecule has 7 heteroatoms. The van der Waals surface area contributed by atoms with Crippen LogP contribution in [0.1, 0.15) is 49.3 Å². The Labute approximate surface area is 188 Å². The number of hydrogen-bond acceptors (Lipinski definition) is 5. The van der Waals surface area contributed by atoms with Gasteiger partial charge in [0.05, 0.1) is 10.8 Å². The second kappa shape index (κ2) is 9.04. The molecule has 3 aromatic rings. The summed E-state index contributed by atoms with van der Waals surface area (Å²) >= 11 is 0. The summed E-state index contributed by atoms with van der Waals surface area (Å²) in [7, 11) is 0. The number of benzene rings is 2. The Hall–Kier alpha value is -2.96. The zero-order valence-electron chi connectivity index (χ0n) is 18.1. The van der Waals surface area contributed by atoms with E-state index in [0.29, 0.717) is 40.7 Å². The van der Waals surface area contributed by atoms with E-state index in [9.17, 15) is 10.4 Å². The number of ether oxygens (including phenoxy) is 1. The highest BCUT2D eigenvalue weighted by Crippen LogP contribution is 2.38. The van der Waals surface area contributed by atoms with Gasteiger partial charge in [0, 0.05) is 11.6 Å². The summed E-state index contributed by atoms with van der Waals surface area (Å²) < 4.78 is 12.8. The van der Waals surface area contributed by atoms with Crippen LogP contribution < -0.4 is 26.9 Å². The van der Waals surface area contributed by atoms with Crippen molar-refractivity contribution in [2.75, 3.05) is 5.06 Å². The summed E-state index contributed by atoms with van der Waals surface area (Å²) in [5.41, 5.74) is 6.04. The van der Waals surface area contributed by atoms with Crippen molar-refractivity contribution in [3.63, 3.8) is 0 Å². The molecule has 0 amide bonds. The number of hydroxylamine groups is 1. The van der Waals surface area contributed by atoms with Gasteiger partial charge in [-0.1, -0.05) is 32.4 Å². The van der Waals surface area contributed by atoms with Crippen LogP contribution in [0.25, 0.3) is 17.2 Å². The van der Waals surface area contributed by atoms with Gasteiger partial charge in [-0.05, 0) is 61.6 Å². The van der Waals surface area contributed by atoms with Crippen molar-refractivity contribution in [1.29, 1.82) is 0 Å². The first-order chi connectivity index (χ1) is 14.4. The number of anilines is 1. The van der Waals surface area contributed by atoms with Crippen molar-refractivity contribution in [1.82, 2.24) is 0 Å². The van der Waals surface area contributed by atoms with Crippen molar-refractivity contribution < 1.29 is 36.7 Å². The van der Waals surface area contributed by atoms with Gasteiger partial charge in [-0.25, -0.2) is 0 Å². The van der Waals surface area contributed by atoms with Crippen LogP contribution in [0.5, 0.6) is 5.75 Å². The van der Waals surface area contributed by atoms with Gasteiger partial charge in [-0.3, -0.25) is 10.4 Å². The first kappa shape index (κ1) is 22.7. The monoisotopic (exact) mass is 442 g/mol. The quantitative estimate of drug-likeness (QED) is 0.469. The highest BCUT2D eigenvalue weighted by Gasteiger charge is 2.28. The third-order valence-corrected chi connectivity index (χ3v) is 5.41. The van der Waals surface area contributed by atoms with Gasteiger partial charge >= 0.3 is 11.4 Å². The molecule has 0 bridgehead atoms. The fourth-order valence-corrected chi connectivity index (χ4v) is 3.76. The lowest BCUT2D eigenvalue weighted by Crippen LogP contribution is -3.00. The maximum absolute atomic E-state index is 10.8. The molecule has 0 fully saturated rings. The third-order valence-electron chi connectivity index (χ3n) is 5.41. The molecule has 1 aromatic heterocycles. The number of allylic oxidation sites excluding steroid dienone is 2. The summed E-state index contributed by atoms with van der Waals surface area (Å²) in [5, 5.41) is 22.4. The molecule has 2 aromatic carbocycles. The molecule has 0 radical (unpaired) electrons. The summed E-state index contributed by atoms with van der Waals surface area (Å²) in [5.74, 6) is 1.25. The van der Waals surface area contributed by atoms with Crippen LogP contribution >= 0.6 is 0 Å². The van der Waals surface area contributed by atoms with Crippen molar-refractivity contribution in [3.05, 3.63) is 70.4 Å². The summed E-state index contributed by atoms with van der Waals surface area (Å²) in [6, 6.07) is 9.53. The minimum Gasteiger partial charge on any atom is -1.00 e. The Kier molecular flexibility index (Phi) is 6.62. The molecule has 6 nitrogen and oxygen atoms in total. The summed E-state index contributed by atoms with van der Waals surface area (Å²) in [6.07, 6.45) is 6.02. The topological polar surface area (TPSA) is 70.0 Å². The fourth-order valence-electron chi connectivity index (χ4n) is 3.76. The number of hydrogen-bond donors (Lipinski definition) is 2. The van der Waals surface area contributed by atoms with Crippen molar-refractivity contribution in [2.24, 2.45) is 0 Å². The first-order valence-corrected chi connectivity index (χ1v) is 10.3. The Morgan fingerprint density at radius 3 is 2.65 bits per heavy atom. The number of aromatic nitrogens is 1. The largest absolute Gasteiger partial charge is 1.00 e. The maximum Gasteiger partial charge on any atom is 0.423 e. The Balaban J connectivity index is 0.00000272. The Morgan fingerprint density at radius 2 is 1.94 bits per heavy atom. The van der Waals surface area contributed by atoms with E-state index >= 15 is 0 Å². The molecule has 0 aliphatic carbocycles. The van der Waals surface area contributed by atoms with Crippen molar-refractivity contribution in [3.8, 4) is 5.75 Å². The van der Waals surface area contributed by atoms with E-state index in [1.807, 2.05) is 51.1 Å². The van der Waals surface area contributed by atoms with Gasteiger partial charge in [-0.15, -0.1) is 0 Å². The highest BCUT2D eigenvalue weighted by molar-refractivity contribution is 5.75. The number of fused-ring (bicyclic) bond motifs is 2. The predicted octanol–water partition coefficient (Wildman–Crippen LogP) is 2.45. The number of halogens is 1. The second-order valence-corrected chi connectivity index (χ2v) is 7.65. The van der Waals surface area contributed by atoms with Crippen molar-refractivity contribution in [2.45, 2.75) is 47.0 Å². The lowest BCUT2D eigenvalue weighted by molar-refractivity contribution is -0.889. The SMILES string of the molecule is CCCc1c(C)ccc2oc(C=C(C=C3Oc4ccc(C)cc4N3O)CC)[n+](O)c12.[Cl-]. The molecule has 1 aliphatic heterocycles. The number of aryl methyl sites for hydroxylation is 3. The molecular weight excluding hydrogens is 416 g/mol. The van der Waals surface area contributed by atoms with Gasteiger partial charge in [0.2, 0.25) is 11.5 Å². The van der Waals surface area contributed by atoms with Gasteiger partial charge in [0.25, 0.3) is 0 Å². The van der Waals surface area contributed by atoms with E-state index in [-0.39, 0.29) is 12.4 Å². The van der Waals surface area contributed by atoms with Crippen LogP contribution in [-0.4, -0.2) is 10.4 Å². The molecular formula is C24H27ClN2O4. The minimum atomic E-state index is 0. The molecule has 0 atom stereocenters. The third kappa shape index (κ3) is 4.13. The zero-order chi connectivity index (χ0) is 21.4. The molecule has 0 saturated carbocycles. The zero-order valence-corrected chi connectivity index (χ0v) is 18.9. The van der Waals surface area contributed by atoms with Crippen LogP contribution in [0, 0.1) is 13.8 Å². The highest BCUT2D eigenvalue weighted by atomic mass is 35.5. The van der Waals surface area contributed by atoms with Gasteiger partial charge in [0.1, 0.15) is 5.69 Å². The van der Waals surface area contributed by atoms with Crippen LogP contribution in [-0.2, 0) is 6.42 Å². The molecule has 0 spiro atoms. The van der Waals surface area contributed by atoms with Gasteiger partial charge in [0.15, 0.2) is 5.75 Å². The van der Waals surface area contributed by atoms with Gasteiger partial charge < -0.3 is 21.6 Å². The number of nitrogens with zero attached hydrogens (tertiary/aromatic N) is 2. The molecule has 164 valence electrons. The molecule has 0 saturated heterocycles. The van der Waals surface area contributed by atoms with Crippen LogP contribution in [0.15, 0.2) is 52.3 Å². The minimum absolute atomic E-state index is 0. The number of oxazole rings is 1. The van der Waals surface area contributed by atoms with E-state index in [1.165, 1.54) is 0 Å². The average molecular weight is 443 g/mol.